The zero-order chi connectivity index (χ0) is 15.5. The van der Waals surface area contributed by atoms with Crippen molar-refractivity contribution in [2.75, 3.05) is 17.2 Å². The lowest BCUT2D eigenvalue weighted by molar-refractivity contribution is -0.144. The summed E-state index contributed by atoms with van der Waals surface area (Å²) in [5, 5.41) is 6.00. The van der Waals surface area contributed by atoms with Gasteiger partial charge in [0.2, 0.25) is 5.82 Å². The molecule has 2 rings (SSSR count). The Bertz CT molecular complexity index is 482. The highest BCUT2D eigenvalue weighted by Crippen LogP contribution is 2.33. The molecule has 2 N–H and O–H groups in total. The number of halogens is 3. The van der Waals surface area contributed by atoms with Gasteiger partial charge in [0.25, 0.3) is 0 Å². The van der Waals surface area contributed by atoms with E-state index in [9.17, 15) is 13.2 Å². The standard InChI is InChI=1S/C14H21F3N4/c1-3-18-10-9-11(20-12(19-10)14(15,16)17)21-13(2)7-5-4-6-8-13/h9H,3-8H2,1-2H3,(H2,18,19,20,21). The van der Waals surface area contributed by atoms with Crippen LogP contribution in [0, 0.1) is 0 Å². The Labute approximate surface area is 122 Å². The Morgan fingerprint density at radius 3 is 2.33 bits per heavy atom. The monoisotopic (exact) mass is 302 g/mol. The number of hydrogen-bond donors (Lipinski definition) is 2. The minimum Gasteiger partial charge on any atom is -0.370 e. The van der Waals surface area contributed by atoms with E-state index in [1.807, 2.05) is 13.8 Å². The second-order valence-electron chi connectivity index (χ2n) is 5.74. The van der Waals surface area contributed by atoms with Gasteiger partial charge in [-0.05, 0) is 26.7 Å². The van der Waals surface area contributed by atoms with E-state index in [2.05, 4.69) is 20.6 Å². The first-order valence-corrected chi connectivity index (χ1v) is 7.31. The van der Waals surface area contributed by atoms with Crippen molar-refractivity contribution in [1.82, 2.24) is 9.97 Å². The first kappa shape index (κ1) is 15.9. The molecule has 0 bridgehead atoms. The van der Waals surface area contributed by atoms with Gasteiger partial charge in [-0.3, -0.25) is 0 Å². The van der Waals surface area contributed by atoms with Crippen molar-refractivity contribution in [2.45, 2.75) is 57.7 Å². The van der Waals surface area contributed by atoms with Crippen LogP contribution in [0.2, 0.25) is 0 Å². The van der Waals surface area contributed by atoms with Crippen LogP contribution in [0.15, 0.2) is 6.07 Å². The van der Waals surface area contributed by atoms with E-state index in [1.54, 1.807) is 6.07 Å². The zero-order valence-electron chi connectivity index (χ0n) is 12.3. The maximum atomic E-state index is 12.9. The molecule has 1 aliphatic rings. The van der Waals surface area contributed by atoms with Gasteiger partial charge in [-0.1, -0.05) is 19.3 Å². The topological polar surface area (TPSA) is 49.8 Å². The van der Waals surface area contributed by atoms with Crippen LogP contribution in [-0.2, 0) is 6.18 Å². The molecule has 1 aromatic rings. The van der Waals surface area contributed by atoms with E-state index in [-0.39, 0.29) is 17.2 Å². The number of aromatic nitrogens is 2. The maximum Gasteiger partial charge on any atom is 0.451 e. The molecule has 21 heavy (non-hydrogen) atoms. The Balaban J connectivity index is 2.27. The lowest BCUT2D eigenvalue weighted by atomic mass is 9.83. The van der Waals surface area contributed by atoms with Crippen molar-refractivity contribution >= 4 is 11.6 Å². The van der Waals surface area contributed by atoms with E-state index in [1.165, 1.54) is 6.42 Å². The van der Waals surface area contributed by atoms with Crippen molar-refractivity contribution in [3.63, 3.8) is 0 Å². The Morgan fingerprint density at radius 2 is 1.76 bits per heavy atom. The van der Waals surface area contributed by atoms with Crippen LogP contribution < -0.4 is 10.6 Å². The van der Waals surface area contributed by atoms with Crippen molar-refractivity contribution in [3.05, 3.63) is 11.9 Å². The van der Waals surface area contributed by atoms with Crippen LogP contribution >= 0.6 is 0 Å². The molecule has 0 unspecified atom stereocenters. The average Bonchev–Trinajstić information content (AvgIpc) is 2.38. The Hall–Kier alpha value is -1.53. The summed E-state index contributed by atoms with van der Waals surface area (Å²) in [5.74, 6) is -0.678. The molecule has 0 spiro atoms. The summed E-state index contributed by atoms with van der Waals surface area (Å²) in [6, 6.07) is 1.54. The molecule has 0 amide bonds. The fourth-order valence-electron chi connectivity index (χ4n) is 2.68. The fraction of sp³-hybridized carbons (Fsp3) is 0.714. The molecular weight excluding hydrogens is 281 g/mol. The summed E-state index contributed by atoms with van der Waals surface area (Å²) in [7, 11) is 0. The van der Waals surface area contributed by atoms with Crippen LogP contribution in [0.3, 0.4) is 0 Å². The quantitative estimate of drug-likeness (QED) is 0.880. The Kier molecular flexibility index (Phi) is 4.58. The van der Waals surface area contributed by atoms with Gasteiger partial charge < -0.3 is 10.6 Å². The minimum absolute atomic E-state index is 0.195. The Morgan fingerprint density at radius 1 is 1.14 bits per heavy atom. The van der Waals surface area contributed by atoms with Crippen LogP contribution in [-0.4, -0.2) is 22.1 Å². The van der Waals surface area contributed by atoms with Gasteiger partial charge in [0.05, 0.1) is 0 Å². The van der Waals surface area contributed by atoms with Crippen LogP contribution in [0.1, 0.15) is 51.8 Å². The van der Waals surface area contributed by atoms with Crippen molar-refractivity contribution in [1.29, 1.82) is 0 Å². The van der Waals surface area contributed by atoms with E-state index < -0.39 is 12.0 Å². The highest BCUT2D eigenvalue weighted by molar-refractivity contribution is 5.49. The summed E-state index contributed by atoms with van der Waals surface area (Å²) in [4.78, 5) is 7.16. The molecule has 0 aliphatic heterocycles. The summed E-state index contributed by atoms with van der Waals surface area (Å²) in [5.41, 5.74) is -0.195. The first-order valence-electron chi connectivity index (χ1n) is 7.31. The predicted octanol–water partition coefficient (Wildman–Crippen LogP) is 4.06. The molecule has 7 heteroatoms. The third kappa shape index (κ3) is 4.22. The van der Waals surface area contributed by atoms with Gasteiger partial charge in [0.15, 0.2) is 0 Å². The average molecular weight is 302 g/mol. The molecule has 0 aromatic carbocycles. The molecule has 1 heterocycles. The largest absolute Gasteiger partial charge is 0.451 e. The number of rotatable bonds is 4. The van der Waals surface area contributed by atoms with Gasteiger partial charge in [-0.2, -0.15) is 13.2 Å². The molecule has 4 nitrogen and oxygen atoms in total. The van der Waals surface area contributed by atoms with Crippen molar-refractivity contribution < 1.29 is 13.2 Å². The molecule has 118 valence electrons. The second-order valence-corrected chi connectivity index (χ2v) is 5.74. The summed E-state index contributed by atoms with van der Waals surface area (Å²) >= 11 is 0. The lowest BCUT2D eigenvalue weighted by Gasteiger charge is -2.35. The maximum absolute atomic E-state index is 12.9. The molecule has 0 radical (unpaired) electrons. The second kappa shape index (κ2) is 6.07. The normalized spacial score (nSPS) is 18.3. The van der Waals surface area contributed by atoms with E-state index in [0.29, 0.717) is 6.54 Å². The fourth-order valence-corrected chi connectivity index (χ4v) is 2.68. The zero-order valence-corrected chi connectivity index (χ0v) is 12.3. The minimum atomic E-state index is -4.55. The first-order chi connectivity index (χ1) is 9.82. The predicted molar refractivity (Wildman–Crippen MR) is 76.3 cm³/mol. The number of alkyl halides is 3. The van der Waals surface area contributed by atoms with Crippen molar-refractivity contribution in [3.8, 4) is 0 Å². The third-order valence-corrected chi connectivity index (χ3v) is 3.72. The van der Waals surface area contributed by atoms with Gasteiger partial charge in [-0.15, -0.1) is 0 Å². The van der Waals surface area contributed by atoms with Gasteiger partial charge in [-0.25, -0.2) is 9.97 Å². The molecule has 1 fully saturated rings. The smallest absolute Gasteiger partial charge is 0.370 e. The number of nitrogens with one attached hydrogen (secondary N) is 2. The van der Waals surface area contributed by atoms with E-state index in [4.69, 9.17) is 0 Å². The summed E-state index contributed by atoms with van der Waals surface area (Å²) in [6.45, 7) is 4.35. The van der Waals surface area contributed by atoms with Gasteiger partial charge in [0.1, 0.15) is 11.6 Å². The van der Waals surface area contributed by atoms with Gasteiger partial charge in [0, 0.05) is 18.2 Å². The lowest BCUT2D eigenvalue weighted by Crippen LogP contribution is -2.37. The van der Waals surface area contributed by atoms with Crippen LogP contribution in [0.4, 0.5) is 24.8 Å². The molecule has 1 aromatic heterocycles. The highest BCUT2D eigenvalue weighted by Gasteiger charge is 2.36. The summed E-state index contributed by atoms with van der Waals surface area (Å²) < 4.78 is 38.6. The number of hydrogen-bond acceptors (Lipinski definition) is 4. The highest BCUT2D eigenvalue weighted by atomic mass is 19.4. The molecule has 0 saturated heterocycles. The van der Waals surface area contributed by atoms with Crippen LogP contribution in [0.5, 0.6) is 0 Å². The van der Waals surface area contributed by atoms with Gasteiger partial charge >= 0.3 is 6.18 Å². The van der Waals surface area contributed by atoms with Crippen LogP contribution in [0.25, 0.3) is 0 Å². The van der Waals surface area contributed by atoms with E-state index in [0.717, 1.165) is 25.7 Å². The van der Waals surface area contributed by atoms with Crippen molar-refractivity contribution in [2.24, 2.45) is 0 Å². The SMILES string of the molecule is CCNc1cc(NC2(C)CCCCC2)nc(C(F)(F)F)n1. The summed E-state index contributed by atoms with van der Waals surface area (Å²) in [6.07, 6.45) is 0.679. The molecule has 1 aliphatic carbocycles. The molecular formula is C14H21F3N4. The third-order valence-electron chi connectivity index (χ3n) is 3.72. The number of nitrogens with zero attached hydrogens (tertiary/aromatic N) is 2. The number of anilines is 2. The van der Waals surface area contributed by atoms with E-state index >= 15 is 0 Å². The molecule has 0 atom stereocenters. The molecule has 1 saturated carbocycles.